The number of rotatable bonds is 6. The molecule has 2 aromatic heterocycles. The van der Waals surface area contributed by atoms with Gasteiger partial charge in [0.05, 0.1) is 28.9 Å². The van der Waals surface area contributed by atoms with E-state index in [0.29, 0.717) is 30.7 Å². The van der Waals surface area contributed by atoms with Gasteiger partial charge in [0.1, 0.15) is 5.78 Å². The third kappa shape index (κ3) is 4.52. The minimum atomic E-state index is -0.176. The number of fused-ring (bicyclic) bond motifs is 1. The molecule has 1 unspecified atom stereocenters. The second-order valence-electron chi connectivity index (χ2n) is 8.82. The Morgan fingerprint density at radius 1 is 1.16 bits per heavy atom. The highest BCUT2D eigenvalue weighted by molar-refractivity contribution is 6.06. The van der Waals surface area contributed by atoms with E-state index in [1.807, 2.05) is 18.5 Å². The first-order chi connectivity index (χ1) is 15.4. The summed E-state index contributed by atoms with van der Waals surface area (Å²) in [5.41, 5.74) is 5.42. The number of nitrogens with zero attached hydrogens (tertiary/aromatic N) is 3. The molecule has 1 aliphatic carbocycles. The monoisotopic (exact) mass is 433 g/mol. The molecule has 7 nitrogen and oxygen atoms in total. The van der Waals surface area contributed by atoms with E-state index in [4.69, 9.17) is 0 Å². The highest BCUT2D eigenvalue weighted by Gasteiger charge is 2.24. The topological polar surface area (TPSA) is 88.9 Å². The van der Waals surface area contributed by atoms with Gasteiger partial charge in [-0.2, -0.15) is 5.10 Å². The smallest absolute Gasteiger partial charge is 0.255 e. The van der Waals surface area contributed by atoms with Crippen molar-refractivity contribution in [3.63, 3.8) is 0 Å². The predicted octanol–water partition coefficient (Wildman–Crippen LogP) is 4.48. The standard InChI is InChI=1S/C25H31N5O2/c1-5-30-24-21(14-27-30)23(29-19-6-8-20(31)9-7-19)22(13-26-24)25(32)28-17(4)18-11-15(2)10-16(3)12-18/h10-14,17,19H,5-9H2,1-4H3,(H,26,29)(H,28,32). The summed E-state index contributed by atoms with van der Waals surface area (Å²) < 4.78 is 1.82. The molecule has 1 aliphatic rings. The molecule has 0 radical (unpaired) electrons. The average molecular weight is 434 g/mol. The van der Waals surface area contributed by atoms with E-state index >= 15 is 0 Å². The predicted molar refractivity (Wildman–Crippen MR) is 126 cm³/mol. The molecule has 1 fully saturated rings. The van der Waals surface area contributed by atoms with Crippen molar-refractivity contribution in [1.82, 2.24) is 20.1 Å². The van der Waals surface area contributed by atoms with Gasteiger partial charge in [0, 0.05) is 31.6 Å². The SMILES string of the molecule is CCn1ncc2c(NC3CCC(=O)CC3)c(C(=O)NC(C)c3cc(C)cc(C)c3)cnc21. The lowest BCUT2D eigenvalue weighted by molar-refractivity contribution is -0.120. The van der Waals surface area contributed by atoms with Crippen LogP contribution in [0.25, 0.3) is 11.0 Å². The van der Waals surface area contributed by atoms with Crippen LogP contribution in [0.15, 0.2) is 30.6 Å². The number of hydrogen-bond acceptors (Lipinski definition) is 5. The average Bonchev–Trinajstić information content (AvgIpc) is 3.18. The minimum Gasteiger partial charge on any atom is -0.381 e. The van der Waals surface area contributed by atoms with Crippen LogP contribution in [0.5, 0.6) is 0 Å². The molecule has 2 N–H and O–H groups in total. The van der Waals surface area contributed by atoms with Gasteiger partial charge in [0.15, 0.2) is 5.65 Å². The number of carbonyl (C=O) groups is 2. The van der Waals surface area contributed by atoms with Crippen LogP contribution in [-0.4, -0.2) is 32.5 Å². The number of hydrogen-bond donors (Lipinski definition) is 2. The van der Waals surface area contributed by atoms with Crippen molar-refractivity contribution in [2.75, 3.05) is 5.32 Å². The first-order valence-corrected chi connectivity index (χ1v) is 11.4. The van der Waals surface area contributed by atoms with Gasteiger partial charge >= 0.3 is 0 Å². The van der Waals surface area contributed by atoms with Crippen molar-refractivity contribution in [2.45, 2.75) is 72.0 Å². The second kappa shape index (κ2) is 9.10. The molecule has 0 spiro atoms. The van der Waals surface area contributed by atoms with Gasteiger partial charge in [-0.1, -0.05) is 29.3 Å². The number of benzene rings is 1. The van der Waals surface area contributed by atoms with Crippen LogP contribution in [0.3, 0.4) is 0 Å². The number of aromatic nitrogens is 3. The Balaban J connectivity index is 1.65. The van der Waals surface area contributed by atoms with Crippen molar-refractivity contribution >= 4 is 28.4 Å². The summed E-state index contributed by atoms with van der Waals surface area (Å²) in [5, 5.41) is 12.0. The Bertz CT molecular complexity index is 1140. The van der Waals surface area contributed by atoms with Crippen LogP contribution in [0.2, 0.25) is 0 Å². The molecule has 3 aromatic rings. The van der Waals surface area contributed by atoms with Gasteiger partial charge in [-0.3, -0.25) is 9.59 Å². The van der Waals surface area contributed by atoms with Crippen LogP contribution in [-0.2, 0) is 11.3 Å². The Hall–Kier alpha value is -3.22. The molecule has 0 aliphatic heterocycles. The molecule has 0 bridgehead atoms. The largest absolute Gasteiger partial charge is 0.381 e. The Labute approximate surface area is 188 Å². The van der Waals surface area contributed by atoms with E-state index in [0.717, 1.165) is 35.1 Å². The molecule has 7 heteroatoms. The highest BCUT2D eigenvalue weighted by Crippen LogP contribution is 2.30. The normalized spacial score (nSPS) is 15.7. The lowest BCUT2D eigenvalue weighted by Crippen LogP contribution is -2.30. The molecule has 2 heterocycles. The fourth-order valence-electron chi connectivity index (χ4n) is 4.49. The lowest BCUT2D eigenvalue weighted by atomic mass is 9.94. The maximum atomic E-state index is 13.4. The number of anilines is 1. The summed E-state index contributed by atoms with van der Waals surface area (Å²) >= 11 is 0. The van der Waals surface area contributed by atoms with Crippen LogP contribution < -0.4 is 10.6 Å². The molecule has 32 heavy (non-hydrogen) atoms. The number of nitrogens with one attached hydrogen (secondary N) is 2. The Kier molecular flexibility index (Phi) is 6.26. The number of amides is 1. The summed E-state index contributed by atoms with van der Waals surface area (Å²) in [6, 6.07) is 6.33. The third-order valence-corrected chi connectivity index (χ3v) is 6.19. The van der Waals surface area contributed by atoms with Crippen molar-refractivity contribution < 1.29 is 9.59 Å². The lowest BCUT2D eigenvalue weighted by Gasteiger charge is -2.25. The zero-order valence-electron chi connectivity index (χ0n) is 19.2. The van der Waals surface area contributed by atoms with Crippen LogP contribution in [0.4, 0.5) is 5.69 Å². The molecular formula is C25H31N5O2. The van der Waals surface area contributed by atoms with E-state index < -0.39 is 0 Å². The number of pyridine rings is 1. The molecule has 1 aromatic carbocycles. The second-order valence-corrected chi connectivity index (χ2v) is 8.82. The molecular weight excluding hydrogens is 402 g/mol. The van der Waals surface area contributed by atoms with Crippen molar-refractivity contribution in [3.8, 4) is 0 Å². The number of ketones is 1. The van der Waals surface area contributed by atoms with E-state index in [1.54, 1.807) is 12.4 Å². The van der Waals surface area contributed by atoms with Gasteiger partial charge in [-0.15, -0.1) is 0 Å². The summed E-state index contributed by atoms with van der Waals surface area (Å²) in [4.78, 5) is 29.6. The molecule has 1 amide bonds. The number of carbonyl (C=O) groups excluding carboxylic acids is 2. The Morgan fingerprint density at radius 3 is 2.50 bits per heavy atom. The molecule has 1 atom stereocenters. The molecule has 0 saturated heterocycles. The highest BCUT2D eigenvalue weighted by atomic mass is 16.1. The fourth-order valence-corrected chi connectivity index (χ4v) is 4.49. The van der Waals surface area contributed by atoms with Gasteiger partial charge < -0.3 is 10.6 Å². The van der Waals surface area contributed by atoms with Gasteiger partial charge in [0.25, 0.3) is 5.91 Å². The van der Waals surface area contributed by atoms with Gasteiger partial charge in [-0.05, 0) is 46.1 Å². The molecule has 168 valence electrons. The molecule has 4 rings (SSSR count). The van der Waals surface area contributed by atoms with Gasteiger partial charge in [0.2, 0.25) is 0 Å². The van der Waals surface area contributed by atoms with E-state index in [2.05, 4.69) is 52.8 Å². The zero-order valence-corrected chi connectivity index (χ0v) is 19.2. The molecule has 1 saturated carbocycles. The summed E-state index contributed by atoms with van der Waals surface area (Å²) in [5.74, 6) is 0.131. The maximum absolute atomic E-state index is 13.4. The first-order valence-electron chi connectivity index (χ1n) is 11.4. The van der Waals surface area contributed by atoms with Crippen molar-refractivity contribution in [3.05, 3.63) is 52.8 Å². The van der Waals surface area contributed by atoms with E-state index in [-0.39, 0.29) is 18.0 Å². The quantitative estimate of drug-likeness (QED) is 0.598. The number of Topliss-reactive ketones (excluding diaryl/α,β-unsaturated/α-hetero) is 1. The van der Waals surface area contributed by atoms with E-state index in [9.17, 15) is 9.59 Å². The summed E-state index contributed by atoms with van der Waals surface area (Å²) in [6.45, 7) is 8.83. The summed E-state index contributed by atoms with van der Waals surface area (Å²) in [6.07, 6.45) is 6.09. The Morgan fingerprint density at radius 2 is 1.84 bits per heavy atom. The van der Waals surface area contributed by atoms with Gasteiger partial charge in [-0.25, -0.2) is 9.67 Å². The van der Waals surface area contributed by atoms with Crippen molar-refractivity contribution in [1.29, 1.82) is 0 Å². The first kappa shape index (κ1) is 22.0. The number of aryl methyl sites for hydroxylation is 3. The third-order valence-electron chi connectivity index (χ3n) is 6.19. The minimum absolute atomic E-state index is 0.143. The van der Waals surface area contributed by atoms with Crippen LogP contribution >= 0.6 is 0 Å². The zero-order chi connectivity index (χ0) is 22.8. The van der Waals surface area contributed by atoms with Crippen LogP contribution in [0.1, 0.15) is 72.6 Å². The summed E-state index contributed by atoms with van der Waals surface area (Å²) in [7, 11) is 0. The van der Waals surface area contributed by atoms with Crippen LogP contribution in [0, 0.1) is 13.8 Å². The van der Waals surface area contributed by atoms with Crippen molar-refractivity contribution in [2.24, 2.45) is 0 Å². The maximum Gasteiger partial charge on any atom is 0.255 e. The van der Waals surface area contributed by atoms with E-state index in [1.165, 1.54) is 11.1 Å². The fraction of sp³-hybridized carbons (Fsp3) is 0.440.